The molecule has 6 nitrogen and oxygen atoms in total. The Kier molecular flexibility index (Phi) is 2.86. The molecule has 2 aromatic rings. The lowest BCUT2D eigenvalue weighted by molar-refractivity contribution is -0.386. The van der Waals surface area contributed by atoms with E-state index in [4.69, 9.17) is 0 Å². The van der Waals surface area contributed by atoms with Gasteiger partial charge in [-0.3, -0.25) is 19.8 Å². The van der Waals surface area contributed by atoms with Crippen LogP contribution in [0.5, 0.6) is 0 Å². The van der Waals surface area contributed by atoms with Crippen LogP contribution in [0.4, 0.5) is 5.69 Å². The third-order valence-electron chi connectivity index (χ3n) is 2.61. The Hall–Kier alpha value is -2.24. The quantitative estimate of drug-likeness (QED) is 0.598. The van der Waals surface area contributed by atoms with Gasteiger partial charge in [0.15, 0.2) is 0 Å². The number of hydrogen-bond donors (Lipinski definition) is 0. The van der Waals surface area contributed by atoms with E-state index in [2.05, 4.69) is 10.1 Å². The summed E-state index contributed by atoms with van der Waals surface area (Å²) in [6.07, 6.45) is 3.38. The monoisotopic (exact) mass is 232 g/mol. The van der Waals surface area contributed by atoms with E-state index in [-0.39, 0.29) is 10.6 Å². The highest BCUT2D eigenvalue weighted by Gasteiger charge is 2.21. The zero-order valence-corrected chi connectivity index (χ0v) is 9.62. The van der Waals surface area contributed by atoms with Crippen molar-refractivity contribution in [3.8, 4) is 0 Å². The Balaban J connectivity index is 2.35. The van der Waals surface area contributed by atoms with E-state index in [0.29, 0.717) is 17.9 Å². The van der Waals surface area contributed by atoms with Gasteiger partial charge in [0.05, 0.1) is 11.5 Å². The topological polar surface area (TPSA) is 73.8 Å². The molecule has 2 rings (SSSR count). The van der Waals surface area contributed by atoms with Crippen molar-refractivity contribution in [2.45, 2.75) is 20.4 Å². The van der Waals surface area contributed by atoms with Gasteiger partial charge >= 0.3 is 5.69 Å². The molecule has 0 spiro atoms. The van der Waals surface area contributed by atoms with Gasteiger partial charge in [-0.05, 0) is 31.5 Å². The van der Waals surface area contributed by atoms with Crippen LogP contribution in [0, 0.1) is 24.0 Å². The summed E-state index contributed by atoms with van der Waals surface area (Å²) in [6.45, 7) is 3.87. The molecule has 0 saturated carbocycles. The molecule has 0 radical (unpaired) electrons. The van der Waals surface area contributed by atoms with Gasteiger partial charge in [0.1, 0.15) is 11.4 Å². The van der Waals surface area contributed by atoms with E-state index in [1.807, 2.05) is 12.1 Å². The van der Waals surface area contributed by atoms with Crippen LogP contribution in [-0.4, -0.2) is 19.7 Å². The van der Waals surface area contributed by atoms with Gasteiger partial charge in [0, 0.05) is 12.4 Å². The maximum absolute atomic E-state index is 10.9. The van der Waals surface area contributed by atoms with Crippen molar-refractivity contribution in [2.75, 3.05) is 0 Å². The molecular weight excluding hydrogens is 220 g/mol. The van der Waals surface area contributed by atoms with Crippen molar-refractivity contribution in [2.24, 2.45) is 0 Å². The van der Waals surface area contributed by atoms with Crippen molar-refractivity contribution < 1.29 is 4.92 Å². The maximum Gasteiger partial charge on any atom is 0.312 e. The van der Waals surface area contributed by atoms with E-state index in [1.165, 1.54) is 0 Å². The fourth-order valence-corrected chi connectivity index (χ4v) is 1.77. The van der Waals surface area contributed by atoms with Gasteiger partial charge in [0.2, 0.25) is 0 Å². The first-order chi connectivity index (χ1) is 8.09. The Bertz CT molecular complexity index is 548. The summed E-state index contributed by atoms with van der Waals surface area (Å²) in [5.41, 5.74) is 2.13. The van der Waals surface area contributed by atoms with Gasteiger partial charge in [-0.25, -0.2) is 0 Å². The summed E-state index contributed by atoms with van der Waals surface area (Å²) >= 11 is 0. The molecule has 2 aromatic heterocycles. The lowest BCUT2D eigenvalue weighted by Gasteiger charge is -2.02. The molecule has 6 heteroatoms. The molecular formula is C11H12N4O2. The summed E-state index contributed by atoms with van der Waals surface area (Å²) in [6, 6.07) is 3.73. The van der Waals surface area contributed by atoms with E-state index in [1.54, 1.807) is 30.9 Å². The minimum Gasteiger partial charge on any atom is -0.265 e. The van der Waals surface area contributed by atoms with Crippen LogP contribution in [0.25, 0.3) is 0 Å². The van der Waals surface area contributed by atoms with E-state index >= 15 is 0 Å². The lowest BCUT2D eigenvalue weighted by atomic mass is 10.2. The summed E-state index contributed by atoms with van der Waals surface area (Å²) in [4.78, 5) is 14.4. The van der Waals surface area contributed by atoms with Crippen LogP contribution < -0.4 is 0 Å². The molecule has 0 saturated heterocycles. The number of hydrogen-bond acceptors (Lipinski definition) is 4. The van der Waals surface area contributed by atoms with Crippen molar-refractivity contribution >= 4 is 5.69 Å². The standard InChI is InChI=1S/C11H12N4O2/c1-8-11(15(16)17)9(2)14(13-8)7-10-3-5-12-6-4-10/h3-6H,7H2,1-2H3. The van der Waals surface area contributed by atoms with Crippen LogP contribution in [0.3, 0.4) is 0 Å². The first-order valence-corrected chi connectivity index (χ1v) is 5.17. The number of aromatic nitrogens is 3. The molecule has 0 bridgehead atoms. The summed E-state index contributed by atoms with van der Waals surface area (Å²) in [7, 11) is 0. The number of pyridine rings is 1. The third kappa shape index (κ3) is 2.15. The molecule has 17 heavy (non-hydrogen) atoms. The highest BCUT2D eigenvalue weighted by molar-refractivity contribution is 5.39. The smallest absolute Gasteiger partial charge is 0.265 e. The second-order valence-electron chi connectivity index (χ2n) is 3.79. The second-order valence-corrected chi connectivity index (χ2v) is 3.79. The molecule has 0 amide bonds. The van der Waals surface area contributed by atoms with Crippen LogP contribution >= 0.6 is 0 Å². The minimum atomic E-state index is -0.388. The Labute approximate surface area is 98.1 Å². The summed E-state index contributed by atoms with van der Waals surface area (Å²) in [5, 5.41) is 15.0. The molecule has 0 N–H and O–H groups in total. The average Bonchev–Trinajstić information content (AvgIpc) is 2.55. The lowest BCUT2D eigenvalue weighted by Crippen LogP contribution is -2.04. The number of rotatable bonds is 3. The van der Waals surface area contributed by atoms with Gasteiger partial charge in [0.25, 0.3) is 0 Å². The van der Waals surface area contributed by atoms with Gasteiger partial charge in [-0.2, -0.15) is 5.10 Å². The Morgan fingerprint density at radius 2 is 2.00 bits per heavy atom. The molecule has 0 unspecified atom stereocenters. The number of aryl methyl sites for hydroxylation is 1. The van der Waals surface area contributed by atoms with Crippen molar-refractivity contribution in [1.82, 2.24) is 14.8 Å². The highest BCUT2D eigenvalue weighted by Crippen LogP contribution is 2.22. The van der Waals surface area contributed by atoms with Crippen LogP contribution in [0.15, 0.2) is 24.5 Å². The molecule has 0 aliphatic heterocycles. The highest BCUT2D eigenvalue weighted by atomic mass is 16.6. The normalized spacial score (nSPS) is 10.5. The van der Waals surface area contributed by atoms with Crippen molar-refractivity contribution in [1.29, 1.82) is 0 Å². The fraction of sp³-hybridized carbons (Fsp3) is 0.273. The minimum absolute atomic E-state index is 0.0963. The van der Waals surface area contributed by atoms with Gasteiger partial charge in [-0.15, -0.1) is 0 Å². The first kappa shape index (κ1) is 11.3. The predicted octanol–water partition coefficient (Wildman–Crippen LogP) is 1.85. The Morgan fingerprint density at radius 1 is 1.35 bits per heavy atom. The van der Waals surface area contributed by atoms with Gasteiger partial charge < -0.3 is 0 Å². The molecule has 0 atom stereocenters. The predicted molar refractivity (Wildman–Crippen MR) is 61.7 cm³/mol. The van der Waals surface area contributed by atoms with Crippen molar-refractivity contribution in [3.63, 3.8) is 0 Å². The average molecular weight is 232 g/mol. The SMILES string of the molecule is Cc1nn(Cc2ccncc2)c(C)c1[N+](=O)[O-]. The zero-order valence-electron chi connectivity index (χ0n) is 9.62. The summed E-state index contributed by atoms with van der Waals surface area (Å²) in [5.74, 6) is 0. The van der Waals surface area contributed by atoms with Gasteiger partial charge in [-0.1, -0.05) is 0 Å². The van der Waals surface area contributed by atoms with Crippen LogP contribution in [0.2, 0.25) is 0 Å². The van der Waals surface area contributed by atoms with E-state index in [0.717, 1.165) is 5.56 Å². The molecule has 0 aliphatic carbocycles. The molecule has 0 aliphatic rings. The number of nitro groups is 1. The Morgan fingerprint density at radius 3 is 2.53 bits per heavy atom. The van der Waals surface area contributed by atoms with E-state index in [9.17, 15) is 10.1 Å². The van der Waals surface area contributed by atoms with Crippen molar-refractivity contribution in [3.05, 3.63) is 51.6 Å². The zero-order chi connectivity index (χ0) is 12.4. The maximum atomic E-state index is 10.9. The molecule has 88 valence electrons. The largest absolute Gasteiger partial charge is 0.312 e. The van der Waals surface area contributed by atoms with E-state index < -0.39 is 0 Å². The second kappa shape index (κ2) is 4.32. The third-order valence-corrected chi connectivity index (χ3v) is 2.61. The van der Waals surface area contributed by atoms with Crippen LogP contribution in [0.1, 0.15) is 17.0 Å². The molecule has 0 aromatic carbocycles. The summed E-state index contributed by atoms with van der Waals surface area (Å²) < 4.78 is 1.64. The molecule has 0 fully saturated rings. The molecule has 2 heterocycles. The van der Waals surface area contributed by atoms with Crippen LogP contribution in [-0.2, 0) is 6.54 Å². The number of nitrogens with zero attached hydrogens (tertiary/aromatic N) is 4. The first-order valence-electron chi connectivity index (χ1n) is 5.17. The fourth-order valence-electron chi connectivity index (χ4n) is 1.77.